The molecule has 3 rings (SSSR count). The average molecular weight is 562 g/mol. The first-order valence-electron chi connectivity index (χ1n) is 8.79. The summed E-state index contributed by atoms with van der Waals surface area (Å²) in [6, 6.07) is 8.40. The van der Waals surface area contributed by atoms with Crippen LogP contribution in [-0.2, 0) is 12.4 Å². The second kappa shape index (κ2) is 9.61. The molecule has 0 aliphatic rings. The molecule has 180 valence electrons. The second-order valence-electron chi connectivity index (χ2n) is 6.51. The third-order valence-electron chi connectivity index (χ3n) is 4.14. The van der Waals surface area contributed by atoms with Gasteiger partial charge in [0.05, 0.1) is 20.6 Å². The van der Waals surface area contributed by atoms with E-state index in [0.717, 1.165) is 12.1 Å². The first-order chi connectivity index (χ1) is 15.7. The third kappa shape index (κ3) is 5.74. The van der Waals surface area contributed by atoms with E-state index in [4.69, 9.17) is 47.0 Å². The number of anilines is 1. The summed E-state index contributed by atoms with van der Waals surface area (Å²) in [5.41, 5.74) is -4.35. The van der Waals surface area contributed by atoms with E-state index in [1.54, 1.807) is 12.1 Å². The monoisotopic (exact) mass is 560 g/mol. The molecule has 0 spiro atoms. The summed E-state index contributed by atoms with van der Waals surface area (Å²) in [6.45, 7) is 0. The van der Waals surface area contributed by atoms with E-state index in [2.05, 4.69) is 15.7 Å². The number of amides is 1. The maximum absolute atomic E-state index is 13.1. The molecular formula is C19H9Cl3F6N4OS. The molecule has 5 nitrogen and oxygen atoms in total. The summed E-state index contributed by atoms with van der Waals surface area (Å²) in [6.07, 6.45) is -10.6. The van der Waals surface area contributed by atoms with Gasteiger partial charge in [0.2, 0.25) is 0 Å². The molecule has 0 bridgehead atoms. The van der Waals surface area contributed by atoms with Gasteiger partial charge in [-0.15, -0.1) is 0 Å². The second-order valence-corrected chi connectivity index (χ2v) is 8.14. The molecule has 2 N–H and O–H groups in total. The lowest BCUT2D eigenvalue weighted by molar-refractivity contribution is -0.163. The third-order valence-corrected chi connectivity index (χ3v) is 5.25. The van der Waals surface area contributed by atoms with E-state index < -0.39 is 35.2 Å². The fourth-order valence-electron chi connectivity index (χ4n) is 2.74. The zero-order chi connectivity index (χ0) is 25.4. The van der Waals surface area contributed by atoms with Gasteiger partial charge >= 0.3 is 12.4 Å². The Hall–Kier alpha value is -2.54. The summed E-state index contributed by atoms with van der Waals surface area (Å²) in [7, 11) is 0. The van der Waals surface area contributed by atoms with Crippen molar-refractivity contribution in [2.45, 2.75) is 12.4 Å². The Bertz CT molecular complexity index is 1220. The number of carbonyl (C=O) groups is 1. The minimum absolute atomic E-state index is 0.0856. The van der Waals surface area contributed by atoms with Crippen LogP contribution in [0.1, 0.15) is 21.6 Å². The van der Waals surface area contributed by atoms with Gasteiger partial charge in [-0.1, -0.05) is 46.9 Å². The van der Waals surface area contributed by atoms with Crippen LogP contribution in [-0.4, -0.2) is 20.8 Å². The quantitative estimate of drug-likeness (QED) is 0.267. The minimum Gasteiger partial charge on any atom is -0.332 e. The number of thiocarbonyl (C=S) groups is 1. The van der Waals surface area contributed by atoms with E-state index >= 15 is 0 Å². The molecule has 0 radical (unpaired) electrons. The predicted molar refractivity (Wildman–Crippen MR) is 119 cm³/mol. The molecule has 1 heterocycles. The van der Waals surface area contributed by atoms with Crippen LogP contribution in [0.4, 0.5) is 32.0 Å². The largest absolute Gasteiger partial charge is 0.435 e. The highest BCUT2D eigenvalue weighted by atomic mass is 35.5. The Morgan fingerprint density at radius 3 is 2.03 bits per heavy atom. The van der Waals surface area contributed by atoms with E-state index in [9.17, 15) is 31.1 Å². The van der Waals surface area contributed by atoms with Crippen LogP contribution in [0, 0.1) is 0 Å². The van der Waals surface area contributed by atoms with Gasteiger partial charge in [0, 0.05) is 11.9 Å². The summed E-state index contributed by atoms with van der Waals surface area (Å²) >= 11 is 23.1. The fourth-order valence-corrected chi connectivity index (χ4v) is 3.83. The van der Waals surface area contributed by atoms with E-state index in [1.165, 1.54) is 12.1 Å². The lowest BCUT2D eigenvalue weighted by atomic mass is 10.2. The van der Waals surface area contributed by atoms with Crippen molar-refractivity contribution in [1.82, 2.24) is 15.1 Å². The number of alkyl halides is 6. The van der Waals surface area contributed by atoms with Gasteiger partial charge in [-0.3, -0.25) is 10.1 Å². The van der Waals surface area contributed by atoms with Gasteiger partial charge < -0.3 is 5.32 Å². The molecule has 0 atom stereocenters. The molecule has 0 fully saturated rings. The molecule has 1 aromatic heterocycles. The highest BCUT2D eigenvalue weighted by molar-refractivity contribution is 7.80. The zero-order valence-electron chi connectivity index (χ0n) is 16.2. The Morgan fingerprint density at radius 2 is 1.53 bits per heavy atom. The molecule has 2 aromatic carbocycles. The van der Waals surface area contributed by atoms with Crippen LogP contribution >= 0.6 is 47.0 Å². The maximum Gasteiger partial charge on any atom is 0.435 e. The van der Waals surface area contributed by atoms with Crippen molar-refractivity contribution >= 4 is 63.7 Å². The maximum atomic E-state index is 13.1. The Kier molecular flexibility index (Phi) is 7.37. The summed E-state index contributed by atoms with van der Waals surface area (Å²) < 4.78 is 78.7. The molecular weight excluding hydrogens is 553 g/mol. The van der Waals surface area contributed by atoms with E-state index in [-0.39, 0.29) is 42.3 Å². The number of nitrogens with zero attached hydrogens (tertiary/aromatic N) is 2. The van der Waals surface area contributed by atoms with Crippen molar-refractivity contribution in [3.05, 3.63) is 74.5 Å². The average Bonchev–Trinajstić information content (AvgIpc) is 3.13. The lowest BCUT2D eigenvalue weighted by Crippen LogP contribution is -2.34. The molecule has 1 amide bonds. The topological polar surface area (TPSA) is 59.0 Å². The van der Waals surface area contributed by atoms with Crippen molar-refractivity contribution in [2.24, 2.45) is 0 Å². The SMILES string of the molecule is O=C(NC(=S)Nc1cc(Cl)c(-n2cc(C(F)(F)F)c(C(F)(F)F)n2)c(Cl)c1)c1ccccc1Cl. The first-order valence-corrected chi connectivity index (χ1v) is 10.3. The van der Waals surface area contributed by atoms with Gasteiger partial charge in [0.15, 0.2) is 10.8 Å². The fraction of sp³-hybridized carbons (Fsp3) is 0.105. The Morgan fingerprint density at radius 1 is 0.941 bits per heavy atom. The van der Waals surface area contributed by atoms with Crippen LogP contribution in [0.3, 0.4) is 0 Å². The van der Waals surface area contributed by atoms with Crippen molar-refractivity contribution in [3.8, 4) is 5.69 Å². The number of rotatable bonds is 3. The normalized spacial score (nSPS) is 11.9. The number of nitrogens with one attached hydrogen (secondary N) is 2. The smallest absolute Gasteiger partial charge is 0.332 e. The van der Waals surface area contributed by atoms with Gasteiger partial charge in [-0.05, 0) is 36.5 Å². The molecule has 34 heavy (non-hydrogen) atoms. The van der Waals surface area contributed by atoms with Crippen LogP contribution < -0.4 is 10.6 Å². The first kappa shape index (κ1) is 26.1. The summed E-state index contributed by atoms with van der Waals surface area (Å²) in [5, 5.41) is 7.22. The van der Waals surface area contributed by atoms with Gasteiger partial charge in [0.1, 0.15) is 11.3 Å². The Balaban J connectivity index is 1.87. The highest BCUT2D eigenvalue weighted by Gasteiger charge is 2.46. The van der Waals surface area contributed by atoms with E-state index in [1.807, 2.05) is 0 Å². The number of hydrogen-bond acceptors (Lipinski definition) is 3. The Labute approximate surface area is 207 Å². The van der Waals surface area contributed by atoms with Crippen LogP contribution in [0.15, 0.2) is 42.6 Å². The number of aromatic nitrogens is 2. The number of halogens is 9. The van der Waals surface area contributed by atoms with Crippen molar-refractivity contribution in [3.63, 3.8) is 0 Å². The molecule has 0 saturated carbocycles. The number of hydrogen-bond donors (Lipinski definition) is 2. The molecule has 15 heteroatoms. The number of carbonyl (C=O) groups excluding carboxylic acids is 1. The minimum atomic E-state index is -5.37. The van der Waals surface area contributed by atoms with Crippen molar-refractivity contribution in [1.29, 1.82) is 0 Å². The van der Waals surface area contributed by atoms with Crippen molar-refractivity contribution in [2.75, 3.05) is 5.32 Å². The molecule has 3 aromatic rings. The summed E-state index contributed by atoms with van der Waals surface area (Å²) in [4.78, 5) is 12.3. The molecule has 0 aliphatic heterocycles. The molecule has 0 saturated heterocycles. The van der Waals surface area contributed by atoms with Gasteiger partial charge in [-0.25, -0.2) is 4.68 Å². The summed E-state index contributed by atoms with van der Waals surface area (Å²) in [5.74, 6) is -0.632. The van der Waals surface area contributed by atoms with Crippen molar-refractivity contribution < 1.29 is 31.1 Å². The van der Waals surface area contributed by atoms with Crippen LogP contribution in [0.2, 0.25) is 15.1 Å². The molecule has 0 aliphatic carbocycles. The van der Waals surface area contributed by atoms with E-state index in [0.29, 0.717) is 0 Å². The predicted octanol–water partition coefficient (Wildman–Crippen LogP) is 7.00. The van der Waals surface area contributed by atoms with Crippen LogP contribution in [0.25, 0.3) is 5.69 Å². The lowest BCUT2D eigenvalue weighted by Gasteiger charge is -2.13. The van der Waals surface area contributed by atoms with Gasteiger partial charge in [0.25, 0.3) is 5.91 Å². The number of benzene rings is 2. The van der Waals surface area contributed by atoms with Crippen LogP contribution in [0.5, 0.6) is 0 Å². The highest BCUT2D eigenvalue weighted by Crippen LogP contribution is 2.41. The van der Waals surface area contributed by atoms with Gasteiger partial charge in [-0.2, -0.15) is 31.4 Å². The standard InChI is InChI=1S/C19H9Cl3F6N4OS/c20-11-4-2-1-3-9(11)16(33)30-17(34)29-8-5-12(21)14(13(22)6-8)32-7-10(18(23,24)25)15(31-32)19(26,27)28/h1-7H,(H2,29,30,33,34). The zero-order valence-corrected chi connectivity index (χ0v) is 19.2. The molecule has 0 unspecified atom stereocenters.